The minimum atomic E-state index is -0.928. The number of rotatable bonds is 11. The van der Waals surface area contributed by atoms with Crippen molar-refractivity contribution in [3.63, 3.8) is 0 Å². The third-order valence-corrected chi connectivity index (χ3v) is 4.19. The molecule has 0 aliphatic rings. The van der Waals surface area contributed by atoms with E-state index in [0.29, 0.717) is 24.3 Å². The minimum Gasteiger partial charge on any atom is -0.464 e. The first-order chi connectivity index (χ1) is 12.4. The second-order valence-electron chi connectivity index (χ2n) is 5.90. The summed E-state index contributed by atoms with van der Waals surface area (Å²) < 4.78 is 23.2. The van der Waals surface area contributed by atoms with Crippen molar-refractivity contribution < 1.29 is 18.7 Å². The zero-order chi connectivity index (χ0) is 19.6. The molecule has 2 N–H and O–H groups in total. The lowest BCUT2D eigenvalue weighted by atomic mass is 9.93. The van der Waals surface area contributed by atoms with E-state index in [1.807, 2.05) is 6.92 Å². The van der Waals surface area contributed by atoms with Gasteiger partial charge in [-0.1, -0.05) is 12.8 Å². The summed E-state index contributed by atoms with van der Waals surface area (Å²) in [6.07, 6.45) is 9.38. The van der Waals surface area contributed by atoms with Crippen molar-refractivity contribution in [2.45, 2.75) is 45.1 Å². The van der Waals surface area contributed by atoms with Gasteiger partial charge in [-0.05, 0) is 38.5 Å². The predicted molar refractivity (Wildman–Crippen MR) is 97.5 cm³/mol. The third-order valence-electron chi connectivity index (χ3n) is 4.19. The molecule has 0 aliphatic carbocycles. The summed E-state index contributed by atoms with van der Waals surface area (Å²) in [7, 11) is 1.49. The molecule has 1 aromatic heterocycles. The Balaban J connectivity index is 2.71. The summed E-state index contributed by atoms with van der Waals surface area (Å²) in [4.78, 5) is 21.9. The summed E-state index contributed by atoms with van der Waals surface area (Å²) in [5, 5.41) is 0. The molecular formula is C18H25FN4O3. The fourth-order valence-corrected chi connectivity index (χ4v) is 2.50. The molecule has 0 amide bonds. The Morgan fingerprint density at radius 2 is 2.23 bits per heavy atom. The van der Waals surface area contributed by atoms with Crippen LogP contribution in [-0.2, 0) is 14.3 Å². The quantitative estimate of drug-likeness (QED) is 0.280. The first-order valence-electron chi connectivity index (χ1n) is 8.33. The van der Waals surface area contributed by atoms with Gasteiger partial charge >= 0.3 is 6.08 Å². The highest BCUT2D eigenvalue weighted by Crippen LogP contribution is 2.25. The Bertz CT molecular complexity index is 652. The number of terminal acetylenes is 1. The van der Waals surface area contributed by atoms with Crippen molar-refractivity contribution in [1.29, 1.82) is 0 Å². The molecule has 0 bridgehead atoms. The van der Waals surface area contributed by atoms with Crippen LogP contribution >= 0.6 is 0 Å². The SMILES string of the molecule is C#CC(CCCC(C=Nc1c(C)nc(F)nc1N)CC)(COC=O)OC. The highest BCUT2D eigenvalue weighted by molar-refractivity contribution is 5.71. The number of aromatic nitrogens is 2. The summed E-state index contributed by atoms with van der Waals surface area (Å²) in [5.41, 5.74) is 5.54. The van der Waals surface area contributed by atoms with Gasteiger partial charge in [-0.3, -0.25) is 9.79 Å². The second kappa shape index (κ2) is 10.5. The maximum absolute atomic E-state index is 13.1. The molecule has 1 aromatic rings. The zero-order valence-electron chi connectivity index (χ0n) is 15.4. The Kier molecular flexibility index (Phi) is 8.65. The molecule has 2 atom stereocenters. The van der Waals surface area contributed by atoms with E-state index in [0.717, 1.165) is 19.3 Å². The Hall–Kier alpha value is -2.53. The normalized spacial score (nSPS) is 14.6. The summed E-state index contributed by atoms with van der Waals surface area (Å²) in [6, 6.07) is 0. The number of nitrogens with two attached hydrogens (primary N) is 1. The number of halogens is 1. The molecule has 0 aliphatic heterocycles. The number of aryl methyl sites for hydroxylation is 1. The molecule has 1 heterocycles. The lowest BCUT2D eigenvalue weighted by molar-refractivity contribution is -0.135. The van der Waals surface area contributed by atoms with Gasteiger partial charge in [0.2, 0.25) is 0 Å². The maximum Gasteiger partial charge on any atom is 0.310 e. The maximum atomic E-state index is 13.1. The van der Waals surface area contributed by atoms with E-state index in [4.69, 9.17) is 21.6 Å². The molecule has 2 unspecified atom stereocenters. The summed E-state index contributed by atoms with van der Waals surface area (Å²) in [6.45, 7) is 4.02. The fourth-order valence-electron chi connectivity index (χ4n) is 2.50. The van der Waals surface area contributed by atoms with E-state index in [1.54, 1.807) is 13.1 Å². The number of hydrogen-bond acceptors (Lipinski definition) is 7. The van der Waals surface area contributed by atoms with Gasteiger partial charge in [0.05, 0.1) is 5.69 Å². The lowest BCUT2D eigenvalue weighted by Gasteiger charge is -2.26. The third kappa shape index (κ3) is 6.08. The van der Waals surface area contributed by atoms with E-state index in [2.05, 4.69) is 20.9 Å². The Morgan fingerprint density at radius 3 is 2.77 bits per heavy atom. The molecular weight excluding hydrogens is 339 g/mol. The van der Waals surface area contributed by atoms with E-state index >= 15 is 0 Å². The number of hydrogen-bond donors (Lipinski definition) is 1. The molecule has 142 valence electrons. The van der Waals surface area contributed by atoms with Crippen LogP contribution in [0.25, 0.3) is 0 Å². The van der Waals surface area contributed by atoms with Gasteiger partial charge in [0, 0.05) is 13.3 Å². The van der Waals surface area contributed by atoms with Crippen LogP contribution in [0.5, 0.6) is 0 Å². The van der Waals surface area contributed by atoms with Crippen molar-refractivity contribution in [3.05, 3.63) is 11.8 Å². The average Bonchev–Trinajstić information content (AvgIpc) is 2.62. The minimum absolute atomic E-state index is 0.0109. The van der Waals surface area contributed by atoms with Crippen LogP contribution in [0.2, 0.25) is 0 Å². The molecule has 26 heavy (non-hydrogen) atoms. The van der Waals surface area contributed by atoms with Crippen molar-refractivity contribution >= 4 is 24.2 Å². The topological polar surface area (TPSA) is 99.7 Å². The Morgan fingerprint density at radius 1 is 1.50 bits per heavy atom. The van der Waals surface area contributed by atoms with Gasteiger partial charge in [0.25, 0.3) is 6.47 Å². The van der Waals surface area contributed by atoms with Crippen LogP contribution in [0.3, 0.4) is 0 Å². The Labute approximate surface area is 153 Å². The second-order valence-corrected chi connectivity index (χ2v) is 5.90. The van der Waals surface area contributed by atoms with Gasteiger partial charge in [0.15, 0.2) is 11.4 Å². The molecule has 1 rings (SSSR count). The molecule has 8 heteroatoms. The van der Waals surface area contributed by atoms with Crippen molar-refractivity contribution in [2.24, 2.45) is 10.9 Å². The van der Waals surface area contributed by atoms with Gasteiger partial charge in [-0.15, -0.1) is 6.42 Å². The molecule has 0 radical (unpaired) electrons. The predicted octanol–water partition coefficient (Wildman–Crippen LogP) is 2.60. The van der Waals surface area contributed by atoms with Gasteiger partial charge in [-0.2, -0.15) is 9.37 Å². The molecule has 0 spiro atoms. The summed E-state index contributed by atoms with van der Waals surface area (Å²) in [5.74, 6) is 2.74. The highest BCUT2D eigenvalue weighted by Gasteiger charge is 2.28. The number of ether oxygens (including phenoxy) is 2. The monoisotopic (exact) mass is 364 g/mol. The number of nitrogens with zero attached hydrogens (tertiary/aromatic N) is 3. The molecule has 0 saturated heterocycles. The lowest BCUT2D eigenvalue weighted by Crippen LogP contribution is -2.35. The van der Waals surface area contributed by atoms with Crippen LogP contribution in [-0.4, -0.2) is 42.0 Å². The first kappa shape index (κ1) is 21.5. The number of methoxy groups -OCH3 is 1. The van der Waals surface area contributed by atoms with E-state index < -0.39 is 11.7 Å². The number of aliphatic imine (C=N–C) groups is 1. The van der Waals surface area contributed by atoms with E-state index in [-0.39, 0.29) is 18.3 Å². The molecule has 0 fully saturated rings. The number of carbonyl (C=O) groups is 1. The van der Waals surface area contributed by atoms with Gasteiger partial charge in [-0.25, -0.2) is 4.98 Å². The smallest absolute Gasteiger partial charge is 0.310 e. The number of anilines is 1. The van der Waals surface area contributed by atoms with Gasteiger partial charge < -0.3 is 15.2 Å². The first-order valence-corrected chi connectivity index (χ1v) is 8.33. The largest absolute Gasteiger partial charge is 0.464 e. The van der Waals surface area contributed by atoms with Crippen molar-refractivity contribution in [1.82, 2.24) is 9.97 Å². The standard InChI is InChI=1S/C18H25FN4O3/c1-5-14(8-7-9-18(6-2,25-4)11-26-12-24)10-21-15-13(3)22-17(19)23-16(15)20/h2,10,12,14H,5,7-9,11H2,1,3-4H3,(H2,20,22,23). The van der Waals surface area contributed by atoms with E-state index in [1.165, 1.54) is 7.11 Å². The number of nitrogen functional groups attached to an aromatic ring is 1. The summed E-state index contributed by atoms with van der Waals surface area (Å²) >= 11 is 0. The molecule has 0 saturated carbocycles. The number of carbonyl (C=O) groups excluding carboxylic acids is 1. The van der Waals surface area contributed by atoms with Gasteiger partial charge in [0.1, 0.15) is 12.3 Å². The van der Waals surface area contributed by atoms with Crippen LogP contribution in [0.15, 0.2) is 4.99 Å². The van der Waals surface area contributed by atoms with Crippen molar-refractivity contribution in [3.8, 4) is 12.3 Å². The molecule has 7 nitrogen and oxygen atoms in total. The van der Waals surface area contributed by atoms with Crippen LogP contribution in [0.4, 0.5) is 15.9 Å². The van der Waals surface area contributed by atoms with E-state index in [9.17, 15) is 9.18 Å². The van der Waals surface area contributed by atoms with Crippen LogP contribution in [0, 0.1) is 31.3 Å². The highest BCUT2D eigenvalue weighted by atomic mass is 19.1. The zero-order valence-corrected chi connectivity index (χ0v) is 15.4. The average molecular weight is 364 g/mol. The molecule has 0 aromatic carbocycles. The van der Waals surface area contributed by atoms with Crippen molar-refractivity contribution in [2.75, 3.05) is 19.5 Å². The van der Waals surface area contributed by atoms with Crippen LogP contribution in [0.1, 0.15) is 38.3 Å². The van der Waals surface area contributed by atoms with Crippen LogP contribution < -0.4 is 5.73 Å². The fraction of sp³-hybridized carbons (Fsp3) is 0.556.